The number of carboxylic acids is 1. The van der Waals surface area contributed by atoms with Crippen molar-refractivity contribution in [3.8, 4) is 23.0 Å². The molecule has 2 N–H and O–H groups in total. The lowest BCUT2D eigenvalue weighted by atomic mass is 9.87. The number of carbonyl (C=O) groups is 2. The number of hydrogen-bond acceptors (Lipinski definition) is 11. The molecule has 2 aliphatic heterocycles. The number of hydrogen-bond donors (Lipinski definition) is 2. The number of fused-ring (bicyclic) bond motifs is 2. The molecule has 6 rings (SSSR count). The monoisotopic (exact) mass is 548 g/mol. The molecule has 12 heteroatoms. The van der Waals surface area contributed by atoms with Gasteiger partial charge in [0.1, 0.15) is 22.5 Å². The smallest absolute Gasteiger partial charge is 0.342 e. The molecule has 198 valence electrons. The number of ether oxygens (including phenoxy) is 5. The van der Waals surface area contributed by atoms with Crippen LogP contribution < -0.4 is 18.9 Å². The second-order valence-corrected chi connectivity index (χ2v) is 9.28. The average Bonchev–Trinajstić information content (AvgIpc) is 3.65. The van der Waals surface area contributed by atoms with Crippen LogP contribution in [0.2, 0.25) is 0 Å². The van der Waals surface area contributed by atoms with Crippen LogP contribution in [0, 0.1) is 0 Å². The van der Waals surface area contributed by atoms with Crippen molar-refractivity contribution in [3.63, 3.8) is 0 Å². The van der Waals surface area contributed by atoms with E-state index < -0.39 is 24.3 Å². The van der Waals surface area contributed by atoms with Crippen molar-refractivity contribution in [2.45, 2.75) is 12.2 Å². The van der Waals surface area contributed by atoms with Crippen LogP contribution >= 0.6 is 11.7 Å². The SMILES string of the molecule is COc1ccc(CC2=C(c3ccc4nsnc4c3)C(=O)OC2(O)c2ccc3c(c2)OCO3)c(OCC(=O)O)c1. The minimum absolute atomic E-state index is 0.0294. The maximum atomic E-state index is 13.4. The third-order valence-electron chi connectivity index (χ3n) is 6.45. The quantitative estimate of drug-likeness (QED) is 0.313. The fourth-order valence-corrected chi connectivity index (χ4v) is 5.11. The van der Waals surface area contributed by atoms with E-state index in [0.29, 0.717) is 39.4 Å². The van der Waals surface area contributed by atoms with E-state index >= 15 is 0 Å². The van der Waals surface area contributed by atoms with Crippen molar-refractivity contribution in [2.75, 3.05) is 20.5 Å². The number of aliphatic hydroxyl groups is 1. The fourth-order valence-electron chi connectivity index (χ4n) is 4.59. The van der Waals surface area contributed by atoms with Gasteiger partial charge in [-0.3, -0.25) is 0 Å². The summed E-state index contributed by atoms with van der Waals surface area (Å²) in [7, 11) is 1.47. The van der Waals surface area contributed by atoms with Crippen molar-refractivity contribution in [3.05, 3.63) is 76.9 Å². The lowest BCUT2D eigenvalue weighted by molar-refractivity contribution is -0.185. The van der Waals surface area contributed by atoms with Gasteiger partial charge in [-0.25, -0.2) is 9.59 Å². The van der Waals surface area contributed by atoms with E-state index in [9.17, 15) is 19.8 Å². The Morgan fingerprint density at radius 2 is 1.87 bits per heavy atom. The number of carbonyl (C=O) groups excluding carboxylic acids is 1. The number of aliphatic carboxylic acids is 1. The Morgan fingerprint density at radius 3 is 2.69 bits per heavy atom. The van der Waals surface area contributed by atoms with Crippen LogP contribution in [0.3, 0.4) is 0 Å². The molecule has 1 unspecified atom stereocenters. The summed E-state index contributed by atoms with van der Waals surface area (Å²) in [4.78, 5) is 24.6. The summed E-state index contributed by atoms with van der Waals surface area (Å²) in [5, 5.41) is 21.2. The largest absolute Gasteiger partial charge is 0.497 e. The predicted octanol–water partition coefficient (Wildman–Crippen LogP) is 3.29. The van der Waals surface area contributed by atoms with Gasteiger partial charge in [-0.05, 0) is 47.5 Å². The lowest BCUT2D eigenvalue weighted by Gasteiger charge is -2.26. The van der Waals surface area contributed by atoms with Gasteiger partial charge in [0.15, 0.2) is 18.1 Å². The highest BCUT2D eigenvalue weighted by molar-refractivity contribution is 7.00. The zero-order valence-electron chi connectivity index (χ0n) is 20.4. The minimum Gasteiger partial charge on any atom is -0.497 e. The summed E-state index contributed by atoms with van der Waals surface area (Å²) in [6, 6.07) is 14.8. The number of aromatic nitrogens is 2. The highest BCUT2D eigenvalue weighted by atomic mass is 32.1. The second kappa shape index (κ2) is 9.57. The standard InChI is InChI=1S/C27H20N2O9S/c1-34-17-5-2-14(22(11-17)35-12-24(30)31)8-18-25(15-3-6-19-20(9-15)29-39-28-19)26(32)38-27(18,33)16-4-7-21-23(10-16)37-13-36-21/h2-7,9-11,33H,8,12-13H2,1H3,(H,30,31). The van der Waals surface area contributed by atoms with Gasteiger partial charge in [0, 0.05) is 23.6 Å². The van der Waals surface area contributed by atoms with Crippen molar-refractivity contribution < 1.29 is 43.5 Å². The van der Waals surface area contributed by atoms with Gasteiger partial charge in [-0.2, -0.15) is 8.75 Å². The molecule has 0 spiro atoms. The van der Waals surface area contributed by atoms with E-state index in [1.54, 1.807) is 54.6 Å². The van der Waals surface area contributed by atoms with E-state index in [1.807, 2.05) is 0 Å². The summed E-state index contributed by atoms with van der Waals surface area (Å²) >= 11 is 1.05. The summed E-state index contributed by atoms with van der Waals surface area (Å²) < 4.78 is 35.8. The number of nitrogens with zero attached hydrogens (tertiary/aromatic N) is 2. The van der Waals surface area contributed by atoms with Gasteiger partial charge in [-0.1, -0.05) is 12.1 Å². The van der Waals surface area contributed by atoms with Crippen LogP contribution in [0.4, 0.5) is 0 Å². The first-order chi connectivity index (χ1) is 18.9. The topological polar surface area (TPSA) is 147 Å². The van der Waals surface area contributed by atoms with Crippen molar-refractivity contribution in [2.24, 2.45) is 0 Å². The molecular weight excluding hydrogens is 528 g/mol. The molecule has 0 amide bonds. The summed E-state index contributed by atoms with van der Waals surface area (Å²) in [5.41, 5.74) is 2.85. The molecule has 4 aromatic rings. The van der Waals surface area contributed by atoms with Crippen molar-refractivity contribution in [1.82, 2.24) is 8.75 Å². The van der Waals surface area contributed by atoms with Gasteiger partial charge in [0.25, 0.3) is 5.79 Å². The summed E-state index contributed by atoms with van der Waals surface area (Å²) in [6.45, 7) is -0.565. The van der Waals surface area contributed by atoms with Crippen LogP contribution in [0.1, 0.15) is 16.7 Å². The lowest BCUT2D eigenvalue weighted by Crippen LogP contribution is -2.30. The number of esters is 1. The van der Waals surface area contributed by atoms with Crippen LogP contribution in [0.25, 0.3) is 16.6 Å². The van der Waals surface area contributed by atoms with E-state index in [-0.39, 0.29) is 35.7 Å². The maximum absolute atomic E-state index is 13.4. The molecular formula is C27H20N2O9S. The average molecular weight is 549 g/mol. The van der Waals surface area contributed by atoms with E-state index in [1.165, 1.54) is 7.11 Å². The number of benzene rings is 3. The Hall–Kier alpha value is -4.68. The number of rotatable bonds is 8. The molecule has 0 aliphatic carbocycles. The fraction of sp³-hybridized carbons (Fsp3) is 0.185. The zero-order chi connectivity index (χ0) is 27.1. The van der Waals surface area contributed by atoms with Gasteiger partial charge in [-0.15, -0.1) is 0 Å². The molecule has 0 bridgehead atoms. The van der Waals surface area contributed by atoms with Crippen LogP contribution in [0.5, 0.6) is 23.0 Å². The van der Waals surface area contributed by atoms with Gasteiger partial charge in [0.05, 0.1) is 24.4 Å². The number of cyclic esters (lactones) is 1. The Kier molecular flexibility index (Phi) is 6.04. The first-order valence-corrected chi connectivity index (χ1v) is 12.4. The Balaban J connectivity index is 1.52. The number of methoxy groups -OCH3 is 1. The molecule has 2 aliphatic rings. The van der Waals surface area contributed by atoms with Crippen molar-refractivity contribution in [1.29, 1.82) is 0 Å². The van der Waals surface area contributed by atoms with Crippen LogP contribution in [-0.2, 0) is 26.5 Å². The maximum Gasteiger partial charge on any atom is 0.342 e. The highest BCUT2D eigenvalue weighted by Crippen LogP contribution is 2.48. The first-order valence-electron chi connectivity index (χ1n) is 11.7. The molecule has 3 aromatic carbocycles. The highest BCUT2D eigenvalue weighted by Gasteiger charge is 2.49. The van der Waals surface area contributed by atoms with Gasteiger partial charge in [0.2, 0.25) is 6.79 Å². The van der Waals surface area contributed by atoms with Gasteiger partial charge >= 0.3 is 11.9 Å². The van der Waals surface area contributed by atoms with E-state index in [4.69, 9.17) is 23.7 Å². The zero-order valence-corrected chi connectivity index (χ0v) is 21.2. The third-order valence-corrected chi connectivity index (χ3v) is 7.01. The normalized spacial score (nSPS) is 17.9. The minimum atomic E-state index is -2.17. The van der Waals surface area contributed by atoms with Crippen molar-refractivity contribution >= 4 is 40.3 Å². The van der Waals surface area contributed by atoms with E-state index in [0.717, 1.165) is 11.7 Å². The molecule has 0 saturated heterocycles. The van der Waals surface area contributed by atoms with Crippen LogP contribution in [0.15, 0.2) is 60.2 Å². The Bertz CT molecular complexity index is 1660. The Morgan fingerprint density at radius 1 is 1.05 bits per heavy atom. The molecule has 1 atom stereocenters. The Labute approximate surface area is 225 Å². The molecule has 1 aromatic heterocycles. The third kappa shape index (κ3) is 4.39. The van der Waals surface area contributed by atoms with Crippen LogP contribution in [-0.4, -0.2) is 51.4 Å². The molecule has 3 heterocycles. The second-order valence-electron chi connectivity index (χ2n) is 8.76. The number of carboxylic acid groups (broad SMARTS) is 1. The molecule has 11 nitrogen and oxygen atoms in total. The molecule has 0 radical (unpaired) electrons. The van der Waals surface area contributed by atoms with Gasteiger partial charge < -0.3 is 33.9 Å². The molecule has 39 heavy (non-hydrogen) atoms. The predicted molar refractivity (Wildman–Crippen MR) is 137 cm³/mol. The first kappa shape index (κ1) is 24.6. The van der Waals surface area contributed by atoms with E-state index in [2.05, 4.69) is 8.75 Å². The molecule has 0 fully saturated rings. The summed E-state index contributed by atoms with van der Waals surface area (Å²) in [5.74, 6) is -2.52. The molecule has 0 saturated carbocycles. The summed E-state index contributed by atoms with van der Waals surface area (Å²) in [6.07, 6.45) is -0.0294.